The van der Waals surface area contributed by atoms with Crippen molar-refractivity contribution in [1.29, 1.82) is 0 Å². The van der Waals surface area contributed by atoms with Gasteiger partial charge in [-0.25, -0.2) is 0 Å². The molecule has 0 saturated carbocycles. The van der Waals surface area contributed by atoms with Crippen LogP contribution in [0.2, 0.25) is 0 Å². The van der Waals surface area contributed by atoms with E-state index in [1.165, 1.54) is 32.7 Å². The van der Waals surface area contributed by atoms with Crippen LogP contribution in [-0.4, -0.2) is 16.0 Å². The van der Waals surface area contributed by atoms with E-state index < -0.39 is 4.92 Å². The van der Waals surface area contributed by atoms with Crippen LogP contribution in [0, 0.1) is 10.1 Å². The molecule has 110 valence electrons. The van der Waals surface area contributed by atoms with Gasteiger partial charge in [0.2, 0.25) is 0 Å². The standard InChI is InChI=1S/C14H15N3O3S/c18-14-6-5-11(17(19)20)9-16(14)10-15-7-1-3-12(15)13-4-2-8-21-13/h2,4-6,8-9,12H,1,3,7,10H2/p+1/t12-/m0/s1. The average molecular weight is 306 g/mol. The monoisotopic (exact) mass is 306 g/mol. The lowest BCUT2D eigenvalue weighted by Gasteiger charge is -2.21. The second kappa shape index (κ2) is 5.79. The molecule has 1 aliphatic rings. The molecular weight excluding hydrogens is 290 g/mol. The summed E-state index contributed by atoms with van der Waals surface area (Å²) in [5.74, 6) is 0. The number of quaternary nitrogens is 1. The molecule has 3 heterocycles. The van der Waals surface area contributed by atoms with E-state index in [0.717, 1.165) is 19.4 Å². The van der Waals surface area contributed by atoms with Crippen molar-refractivity contribution in [3.05, 3.63) is 61.2 Å². The highest BCUT2D eigenvalue weighted by molar-refractivity contribution is 7.10. The van der Waals surface area contributed by atoms with Gasteiger partial charge < -0.3 is 4.90 Å². The van der Waals surface area contributed by atoms with Crippen LogP contribution in [0.4, 0.5) is 5.69 Å². The van der Waals surface area contributed by atoms with E-state index in [2.05, 4.69) is 11.4 Å². The predicted octanol–water partition coefficient (Wildman–Crippen LogP) is 1.20. The number of hydrogen-bond acceptors (Lipinski definition) is 4. The molecule has 1 aliphatic heterocycles. The predicted molar refractivity (Wildman–Crippen MR) is 79.5 cm³/mol. The molecule has 1 saturated heterocycles. The van der Waals surface area contributed by atoms with Crippen molar-refractivity contribution in [1.82, 2.24) is 4.57 Å². The maximum Gasteiger partial charge on any atom is 0.285 e. The van der Waals surface area contributed by atoms with E-state index >= 15 is 0 Å². The van der Waals surface area contributed by atoms with Gasteiger partial charge >= 0.3 is 0 Å². The van der Waals surface area contributed by atoms with Gasteiger partial charge in [0, 0.05) is 25.0 Å². The summed E-state index contributed by atoms with van der Waals surface area (Å²) in [5, 5.41) is 12.9. The van der Waals surface area contributed by atoms with E-state index in [4.69, 9.17) is 0 Å². The van der Waals surface area contributed by atoms with Gasteiger partial charge in [-0.3, -0.25) is 19.5 Å². The summed E-state index contributed by atoms with van der Waals surface area (Å²) in [5.41, 5.74) is -0.231. The molecule has 0 spiro atoms. The van der Waals surface area contributed by atoms with Crippen LogP contribution in [0.5, 0.6) is 0 Å². The van der Waals surface area contributed by atoms with Gasteiger partial charge in [-0.15, -0.1) is 11.3 Å². The number of nitrogens with zero attached hydrogens (tertiary/aromatic N) is 2. The van der Waals surface area contributed by atoms with E-state index in [0.29, 0.717) is 12.7 Å². The number of thiophene rings is 1. The van der Waals surface area contributed by atoms with Gasteiger partial charge in [0.1, 0.15) is 6.04 Å². The zero-order valence-electron chi connectivity index (χ0n) is 11.4. The molecule has 0 aromatic carbocycles. The van der Waals surface area contributed by atoms with Gasteiger partial charge in [0.15, 0.2) is 6.67 Å². The summed E-state index contributed by atoms with van der Waals surface area (Å²) >= 11 is 1.73. The van der Waals surface area contributed by atoms with Gasteiger partial charge in [0.25, 0.3) is 11.2 Å². The van der Waals surface area contributed by atoms with Crippen molar-refractivity contribution in [3.63, 3.8) is 0 Å². The molecule has 2 atom stereocenters. The Balaban J connectivity index is 1.84. The van der Waals surface area contributed by atoms with E-state index in [1.807, 2.05) is 6.07 Å². The minimum Gasteiger partial charge on any atom is -0.311 e. The summed E-state index contributed by atoms with van der Waals surface area (Å²) in [4.78, 5) is 24.9. The molecule has 2 aromatic heterocycles. The molecule has 1 fully saturated rings. The normalized spacial score (nSPS) is 21.5. The fraction of sp³-hybridized carbons (Fsp3) is 0.357. The van der Waals surface area contributed by atoms with Crippen LogP contribution in [0.1, 0.15) is 23.8 Å². The van der Waals surface area contributed by atoms with Crippen molar-refractivity contribution in [2.75, 3.05) is 6.54 Å². The molecule has 21 heavy (non-hydrogen) atoms. The number of aromatic nitrogens is 1. The summed E-state index contributed by atoms with van der Waals surface area (Å²) < 4.78 is 1.46. The van der Waals surface area contributed by atoms with Crippen LogP contribution >= 0.6 is 11.3 Å². The molecular formula is C14H16N3O3S+. The Bertz CT molecular complexity index is 696. The molecule has 3 rings (SSSR count). The van der Waals surface area contributed by atoms with Crippen molar-refractivity contribution in [2.45, 2.75) is 25.6 Å². The molecule has 1 N–H and O–H groups in total. The van der Waals surface area contributed by atoms with Crippen LogP contribution < -0.4 is 10.5 Å². The Morgan fingerprint density at radius 3 is 3.00 bits per heavy atom. The van der Waals surface area contributed by atoms with Crippen molar-refractivity contribution >= 4 is 17.0 Å². The minimum absolute atomic E-state index is 0.0409. The van der Waals surface area contributed by atoms with Crippen molar-refractivity contribution in [3.8, 4) is 0 Å². The molecule has 2 aromatic rings. The SMILES string of the molecule is O=c1ccc([N+](=O)[O-])cn1C[NH+]1CCC[C@H]1c1cccs1. The highest BCUT2D eigenvalue weighted by Gasteiger charge is 2.31. The third-order valence-electron chi connectivity index (χ3n) is 3.92. The first-order valence-electron chi connectivity index (χ1n) is 6.88. The first-order valence-corrected chi connectivity index (χ1v) is 7.76. The van der Waals surface area contributed by atoms with E-state index in [-0.39, 0.29) is 11.2 Å². The smallest absolute Gasteiger partial charge is 0.285 e. The third kappa shape index (κ3) is 2.88. The molecule has 7 heteroatoms. The van der Waals surface area contributed by atoms with Crippen LogP contribution in [-0.2, 0) is 6.67 Å². The Morgan fingerprint density at radius 2 is 2.29 bits per heavy atom. The zero-order valence-corrected chi connectivity index (χ0v) is 12.2. The first kappa shape index (κ1) is 14.0. The summed E-state index contributed by atoms with van der Waals surface area (Å²) in [6.45, 7) is 1.46. The number of nitrogens with one attached hydrogen (secondary N) is 1. The van der Waals surface area contributed by atoms with Crippen LogP contribution in [0.15, 0.2) is 40.6 Å². The quantitative estimate of drug-likeness (QED) is 0.681. The van der Waals surface area contributed by atoms with Gasteiger partial charge in [-0.1, -0.05) is 6.07 Å². The fourth-order valence-electron chi connectivity index (χ4n) is 2.90. The molecule has 0 aliphatic carbocycles. The number of hydrogen-bond donors (Lipinski definition) is 1. The third-order valence-corrected chi connectivity index (χ3v) is 4.91. The van der Waals surface area contributed by atoms with Gasteiger partial charge in [-0.2, -0.15) is 0 Å². The lowest BCUT2D eigenvalue weighted by atomic mass is 10.2. The molecule has 0 bridgehead atoms. The second-order valence-electron chi connectivity index (χ2n) is 5.23. The molecule has 1 unspecified atom stereocenters. The maximum absolute atomic E-state index is 11.9. The molecule has 6 nitrogen and oxygen atoms in total. The highest BCUT2D eigenvalue weighted by Crippen LogP contribution is 2.23. The van der Waals surface area contributed by atoms with Crippen LogP contribution in [0.25, 0.3) is 0 Å². The Kier molecular flexibility index (Phi) is 3.85. The number of nitro groups is 1. The van der Waals surface area contributed by atoms with Crippen molar-refractivity contribution in [2.24, 2.45) is 0 Å². The topological polar surface area (TPSA) is 69.6 Å². The van der Waals surface area contributed by atoms with Gasteiger partial charge in [0.05, 0.1) is 22.5 Å². The lowest BCUT2D eigenvalue weighted by Crippen LogP contribution is -3.09. The highest BCUT2D eigenvalue weighted by atomic mass is 32.1. The summed E-state index contributed by atoms with van der Waals surface area (Å²) in [6.07, 6.45) is 3.56. The molecule has 0 amide bonds. The lowest BCUT2D eigenvalue weighted by molar-refractivity contribution is -0.940. The Morgan fingerprint density at radius 1 is 1.43 bits per heavy atom. The number of rotatable bonds is 4. The van der Waals surface area contributed by atoms with Crippen molar-refractivity contribution < 1.29 is 9.82 Å². The Labute approximate surface area is 125 Å². The van der Waals surface area contributed by atoms with Crippen LogP contribution in [0.3, 0.4) is 0 Å². The van der Waals surface area contributed by atoms with E-state index in [1.54, 1.807) is 11.3 Å². The summed E-state index contributed by atoms with van der Waals surface area (Å²) in [6, 6.07) is 7.07. The first-order chi connectivity index (χ1) is 10.1. The number of likely N-dealkylation sites (tertiary alicyclic amines) is 1. The minimum atomic E-state index is -0.466. The molecule has 0 radical (unpaired) electrons. The number of pyridine rings is 1. The second-order valence-corrected chi connectivity index (χ2v) is 6.21. The fourth-order valence-corrected chi connectivity index (χ4v) is 3.82. The maximum atomic E-state index is 11.9. The van der Waals surface area contributed by atoms with E-state index in [9.17, 15) is 14.9 Å². The van der Waals surface area contributed by atoms with Gasteiger partial charge in [-0.05, 0) is 11.4 Å². The largest absolute Gasteiger partial charge is 0.311 e. The summed E-state index contributed by atoms with van der Waals surface area (Å²) in [7, 11) is 0. The Hall–Kier alpha value is -1.99. The zero-order chi connectivity index (χ0) is 14.8. The average Bonchev–Trinajstić information content (AvgIpc) is 3.11.